The second kappa shape index (κ2) is 7.13. The number of benzene rings is 1. The molecule has 1 atom stereocenters. The Bertz CT molecular complexity index is 597. The molecule has 0 aliphatic heterocycles. The summed E-state index contributed by atoms with van der Waals surface area (Å²) in [5.74, 6) is 0.646. The van der Waals surface area contributed by atoms with Crippen LogP contribution in [0.25, 0.3) is 0 Å². The maximum absolute atomic E-state index is 13.8. The molecule has 114 valence electrons. The van der Waals surface area contributed by atoms with Crippen LogP contribution in [0.15, 0.2) is 29.0 Å². The number of nitrogens with zero attached hydrogens (tertiary/aromatic N) is 3. The number of aromatic nitrogens is 3. The van der Waals surface area contributed by atoms with Crippen molar-refractivity contribution in [3.05, 3.63) is 46.2 Å². The van der Waals surface area contributed by atoms with Crippen molar-refractivity contribution in [1.29, 1.82) is 0 Å². The van der Waals surface area contributed by atoms with Crippen LogP contribution in [0.2, 0.25) is 0 Å². The molecule has 0 bridgehead atoms. The third kappa shape index (κ3) is 3.68. The largest absolute Gasteiger partial charge is 0.310 e. The van der Waals surface area contributed by atoms with Gasteiger partial charge >= 0.3 is 0 Å². The van der Waals surface area contributed by atoms with Crippen LogP contribution in [-0.4, -0.2) is 21.3 Å². The van der Waals surface area contributed by atoms with E-state index in [1.165, 1.54) is 6.07 Å². The first kappa shape index (κ1) is 16.1. The van der Waals surface area contributed by atoms with Gasteiger partial charge in [-0.15, -0.1) is 0 Å². The van der Waals surface area contributed by atoms with Crippen LogP contribution in [0.3, 0.4) is 0 Å². The van der Waals surface area contributed by atoms with Crippen LogP contribution in [0.4, 0.5) is 4.39 Å². The van der Waals surface area contributed by atoms with E-state index in [4.69, 9.17) is 0 Å². The van der Waals surface area contributed by atoms with Gasteiger partial charge in [-0.3, -0.25) is 0 Å². The SMILES string of the molecule is CCNC(Cc1ncnn1C(C)C)c1cccc(F)c1Br. The van der Waals surface area contributed by atoms with Crippen molar-refractivity contribution >= 4 is 15.9 Å². The Labute approximate surface area is 132 Å². The minimum Gasteiger partial charge on any atom is -0.310 e. The van der Waals surface area contributed by atoms with E-state index in [9.17, 15) is 4.39 Å². The first-order valence-electron chi connectivity index (χ1n) is 7.10. The van der Waals surface area contributed by atoms with Gasteiger partial charge in [0.15, 0.2) is 0 Å². The third-order valence-electron chi connectivity index (χ3n) is 3.33. The van der Waals surface area contributed by atoms with Gasteiger partial charge in [-0.1, -0.05) is 19.1 Å². The summed E-state index contributed by atoms with van der Waals surface area (Å²) in [5.41, 5.74) is 0.898. The van der Waals surface area contributed by atoms with Crippen molar-refractivity contribution in [3.63, 3.8) is 0 Å². The summed E-state index contributed by atoms with van der Waals surface area (Å²) in [6, 6.07) is 5.35. The number of rotatable bonds is 6. The molecule has 0 radical (unpaired) electrons. The molecular weight excluding hydrogens is 335 g/mol. The van der Waals surface area contributed by atoms with E-state index in [-0.39, 0.29) is 17.9 Å². The molecule has 21 heavy (non-hydrogen) atoms. The number of nitrogens with one attached hydrogen (secondary N) is 1. The molecule has 0 fully saturated rings. The van der Waals surface area contributed by atoms with Crippen molar-refractivity contribution in [1.82, 2.24) is 20.1 Å². The molecule has 1 aromatic carbocycles. The number of hydrogen-bond donors (Lipinski definition) is 1. The summed E-state index contributed by atoms with van der Waals surface area (Å²) in [5, 5.41) is 7.65. The number of likely N-dealkylation sites (N-methyl/N-ethyl adjacent to an activating group) is 1. The van der Waals surface area contributed by atoms with Gasteiger partial charge in [0.05, 0.1) is 4.47 Å². The maximum Gasteiger partial charge on any atom is 0.138 e. The van der Waals surface area contributed by atoms with E-state index < -0.39 is 0 Å². The molecule has 1 heterocycles. The first-order valence-corrected chi connectivity index (χ1v) is 7.89. The Morgan fingerprint density at radius 3 is 2.81 bits per heavy atom. The van der Waals surface area contributed by atoms with E-state index in [0.29, 0.717) is 10.9 Å². The van der Waals surface area contributed by atoms with Crippen molar-refractivity contribution < 1.29 is 4.39 Å². The first-order chi connectivity index (χ1) is 10.0. The Morgan fingerprint density at radius 2 is 2.14 bits per heavy atom. The van der Waals surface area contributed by atoms with Gasteiger partial charge in [0, 0.05) is 18.5 Å². The Kier molecular flexibility index (Phi) is 5.47. The molecule has 1 unspecified atom stereocenters. The highest BCUT2D eigenvalue weighted by Crippen LogP contribution is 2.28. The highest BCUT2D eigenvalue weighted by Gasteiger charge is 2.19. The summed E-state index contributed by atoms with van der Waals surface area (Å²) in [6.07, 6.45) is 2.23. The zero-order chi connectivity index (χ0) is 15.4. The van der Waals surface area contributed by atoms with Crippen molar-refractivity contribution in [2.24, 2.45) is 0 Å². The molecular formula is C15H20BrFN4. The fourth-order valence-electron chi connectivity index (χ4n) is 2.36. The molecule has 1 aromatic heterocycles. The molecule has 0 aliphatic carbocycles. The van der Waals surface area contributed by atoms with Crippen LogP contribution in [0, 0.1) is 5.82 Å². The van der Waals surface area contributed by atoms with Crippen LogP contribution in [0.1, 0.15) is 44.2 Å². The highest BCUT2D eigenvalue weighted by molar-refractivity contribution is 9.10. The van der Waals surface area contributed by atoms with Crippen LogP contribution in [-0.2, 0) is 6.42 Å². The van der Waals surface area contributed by atoms with Crippen LogP contribution < -0.4 is 5.32 Å². The van der Waals surface area contributed by atoms with Gasteiger partial charge < -0.3 is 5.32 Å². The Morgan fingerprint density at radius 1 is 1.38 bits per heavy atom. The monoisotopic (exact) mass is 354 g/mol. The molecule has 0 saturated carbocycles. The summed E-state index contributed by atoms with van der Waals surface area (Å²) >= 11 is 3.34. The third-order valence-corrected chi connectivity index (χ3v) is 4.17. The molecule has 0 saturated heterocycles. The zero-order valence-corrected chi connectivity index (χ0v) is 14.1. The molecule has 4 nitrogen and oxygen atoms in total. The smallest absolute Gasteiger partial charge is 0.138 e. The predicted octanol–water partition coefficient (Wildman–Crippen LogP) is 3.65. The molecule has 0 amide bonds. The second-order valence-corrected chi connectivity index (χ2v) is 5.97. The van der Waals surface area contributed by atoms with Gasteiger partial charge in [0.1, 0.15) is 18.0 Å². The lowest BCUT2D eigenvalue weighted by molar-refractivity contribution is 0.466. The summed E-state index contributed by atoms with van der Waals surface area (Å²) < 4.78 is 16.2. The van der Waals surface area contributed by atoms with E-state index in [2.05, 4.69) is 45.2 Å². The zero-order valence-electron chi connectivity index (χ0n) is 12.5. The summed E-state index contributed by atoms with van der Waals surface area (Å²) in [4.78, 5) is 4.34. The lowest BCUT2D eigenvalue weighted by Crippen LogP contribution is -2.25. The summed E-state index contributed by atoms with van der Waals surface area (Å²) in [6.45, 7) is 6.97. The predicted molar refractivity (Wildman–Crippen MR) is 84.6 cm³/mol. The van der Waals surface area contributed by atoms with E-state index in [1.54, 1.807) is 12.4 Å². The van der Waals surface area contributed by atoms with Gasteiger partial charge in [-0.05, 0) is 48.0 Å². The standard InChI is InChI=1S/C15H20BrFN4/c1-4-18-13(11-6-5-7-12(17)15(11)16)8-14-19-9-20-21(14)10(2)3/h5-7,9-10,13,18H,4,8H2,1-3H3. The summed E-state index contributed by atoms with van der Waals surface area (Å²) in [7, 11) is 0. The lowest BCUT2D eigenvalue weighted by atomic mass is 10.0. The lowest BCUT2D eigenvalue weighted by Gasteiger charge is -2.20. The second-order valence-electron chi connectivity index (χ2n) is 5.17. The molecule has 0 aliphatic rings. The molecule has 2 aromatic rings. The Balaban J connectivity index is 2.31. The topological polar surface area (TPSA) is 42.7 Å². The van der Waals surface area contributed by atoms with Gasteiger partial charge in [0.25, 0.3) is 0 Å². The maximum atomic E-state index is 13.8. The normalized spacial score (nSPS) is 12.9. The van der Waals surface area contributed by atoms with Crippen LogP contribution >= 0.6 is 15.9 Å². The number of halogens is 2. The quantitative estimate of drug-likeness (QED) is 0.860. The van der Waals surface area contributed by atoms with Crippen molar-refractivity contribution in [2.75, 3.05) is 6.54 Å². The highest BCUT2D eigenvalue weighted by atomic mass is 79.9. The van der Waals surface area contributed by atoms with E-state index in [1.807, 2.05) is 17.7 Å². The molecule has 6 heteroatoms. The minimum atomic E-state index is -0.249. The van der Waals surface area contributed by atoms with Crippen molar-refractivity contribution in [2.45, 2.75) is 39.3 Å². The fraction of sp³-hybridized carbons (Fsp3) is 0.467. The number of hydrogen-bond acceptors (Lipinski definition) is 3. The van der Waals surface area contributed by atoms with Crippen molar-refractivity contribution in [3.8, 4) is 0 Å². The average molecular weight is 355 g/mol. The van der Waals surface area contributed by atoms with Crippen LogP contribution in [0.5, 0.6) is 0 Å². The Hall–Kier alpha value is -1.27. The fourth-order valence-corrected chi connectivity index (χ4v) is 2.90. The molecule has 0 spiro atoms. The van der Waals surface area contributed by atoms with E-state index in [0.717, 1.165) is 17.9 Å². The molecule has 2 rings (SSSR count). The average Bonchev–Trinajstić information content (AvgIpc) is 2.90. The van der Waals surface area contributed by atoms with Gasteiger partial charge in [-0.25, -0.2) is 14.1 Å². The molecule has 1 N–H and O–H groups in total. The van der Waals surface area contributed by atoms with Gasteiger partial charge in [0.2, 0.25) is 0 Å². The van der Waals surface area contributed by atoms with Gasteiger partial charge in [-0.2, -0.15) is 5.10 Å². The van der Waals surface area contributed by atoms with E-state index >= 15 is 0 Å². The minimum absolute atomic E-state index is 0.0122.